The second-order valence-electron chi connectivity index (χ2n) is 6.76. The van der Waals surface area contributed by atoms with Crippen molar-refractivity contribution in [2.45, 2.75) is 44.8 Å². The lowest BCUT2D eigenvalue weighted by atomic mass is 9.91. The highest BCUT2D eigenvalue weighted by Gasteiger charge is 2.45. The van der Waals surface area contributed by atoms with Crippen molar-refractivity contribution in [1.82, 2.24) is 10.2 Å². The molecule has 138 valence electrons. The standard InChI is InChI=1S/C19H28N2O4/c1-14(2)25-16-8-6-15(7-9-16)18(23)21-11-5-10-19(21,13-24-4)12-17(22)20-3/h6-9,14H,5,10-13H2,1-4H3,(H,20,22)/t19-/m1/s1. The molecule has 1 fully saturated rings. The summed E-state index contributed by atoms with van der Waals surface area (Å²) in [6.07, 6.45) is 1.95. The maximum atomic E-state index is 13.0. The van der Waals surface area contributed by atoms with Crippen LogP contribution in [0.2, 0.25) is 0 Å². The van der Waals surface area contributed by atoms with Crippen LogP contribution in [0.5, 0.6) is 5.75 Å². The lowest BCUT2D eigenvalue weighted by molar-refractivity contribution is -0.123. The Morgan fingerprint density at radius 3 is 2.52 bits per heavy atom. The van der Waals surface area contributed by atoms with Crippen LogP contribution in [0.3, 0.4) is 0 Å². The number of likely N-dealkylation sites (tertiary alicyclic amines) is 1. The van der Waals surface area contributed by atoms with E-state index in [2.05, 4.69) is 5.32 Å². The molecule has 1 aliphatic rings. The molecule has 0 bridgehead atoms. The summed E-state index contributed by atoms with van der Waals surface area (Å²) < 4.78 is 11.0. The summed E-state index contributed by atoms with van der Waals surface area (Å²) in [6.45, 7) is 4.90. The van der Waals surface area contributed by atoms with Gasteiger partial charge in [0.05, 0.1) is 24.7 Å². The van der Waals surface area contributed by atoms with Gasteiger partial charge >= 0.3 is 0 Å². The molecule has 2 rings (SSSR count). The molecule has 0 unspecified atom stereocenters. The van der Waals surface area contributed by atoms with E-state index in [4.69, 9.17) is 9.47 Å². The van der Waals surface area contributed by atoms with Gasteiger partial charge in [-0.2, -0.15) is 0 Å². The molecule has 0 aromatic heterocycles. The number of nitrogens with one attached hydrogen (secondary N) is 1. The van der Waals surface area contributed by atoms with E-state index in [1.54, 1.807) is 43.3 Å². The lowest BCUT2D eigenvalue weighted by Crippen LogP contribution is -2.52. The SMILES string of the molecule is CNC(=O)C[C@@]1(COC)CCCN1C(=O)c1ccc(OC(C)C)cc1. The van der Waals surface area contributed by atoms with Gasteiger partial charge in [0, 0.05) is 26.3 Å². The number of rotatable bonds is 7. The van der Waals surface area contributed by atoms with E-state index in [0.717, 1.165) is 18.6 Å². The highest BCUT2D eigenvalue weighted by atomic mass is 16.5. The Morgan fingerprint density at radius 2 is 1.96 bits per heavy atom. The number of carbonyl (C=O) groups is 2. The van der Waals surface area contributed by atoms with Crippen LogP contribution in [0.15, 0.2) is 24.3 Å². The molecule has 1 aromatic rings. The molecule has 0 aliphatic carbocycles. The molecule has 6 heteroatoms. The Bertz CT molecular complexity index is 600. The number of carbonyl (C=O) groups excluding carboxylic acids is 2. The molecule has 1 aromatic carbocycles. The Kier molecular flexibility index (Phi) is 6.42. The predicted octanol–water partition coefficient (Wildman–Crippen LogP) is 2.23. The third-order valence-corrected chi connectivity index (χ3v) is 4.50. The van der Waals surface area contributed by atoms with Crippen LogP contribution in [0.25, 0.3) is 0 Å². The number of hydrogen-bond donors (Lipinski definition) is 1. The topological polar surface area (TPSA) is 67.9 Å². The van der Waals surface area contributed by atoms with E-state index in [0.29, 0.717) is 18.7 Å². The average molecular weight is 348 g/mol. The van der Waals surface area contributed by atoms with Crippen LogP contribution in [-0.4, -0.2) is 55.7 Å². The second-order valence-corrected chi connectivity index (χ2v) is 6.76. The average Bonchev–Trinajstić information content (AvgIpc) is 2.97. The maximum absolute atomic E-state index is 13.0. The fourth-order valence-corrected chi connectivity index (χ4v) is 3.40. The summed E-state index contributed by atoms with van der Waals surface area (Å²) in [5, 5.41) is 2.65. The molecule has 0 saturated carbocycles. The van der Waals surface area contributed by atoms with Gasteiger partial charge in [0.25, 0.3) is 5.91 Å². The predicted molar refractivity (Wildman–Crippen MR) is 95.8 cm³/mol. The molecule has 1 atom stereocenters. The molecule has 0 radical (unpaired) electrons. The van der Waals surface area contributed by atoms with Crippen molar-refractivity contribution in [3.63, 3.8) is 0 Å². The zero-order valence-corrected chi connectivity index (χ0v) is 15.5. The largest absolute Gasteiger partial charge is 0.491 e. The van der Waals surface area contributed by atoms with Gasteiger partial charge in [-0.3, -0.25) is 9.59 Å². The first-order valence-electron chi connectivity index (χ1n) is 8.70. The van der Waals surface area contributed by atoms with E-state index in [-0.39, 0.29) is 24.3 Å². The van der Waals surface area contributed by atoms with Crippen molar-refractivity contribution < 1.29 is 19.1 Å². The number of methoxy groups -OCH3 is 1. The van der Waals surface area contributed by atoms with Crippen LogP contribution in [0, 0.1) is 0 Å². The highest BCUT2D eigenvalue weighted by molar-refractivity contribution is 5.95. The first-order valence-corrected chi connectivity index (χ1v) is 8.70. The zero-order valence-electron chi connectivity index (χ0n) is 15.5. The molecule has 1 saturated heterocycles. The highest BCUT2D eigenvalue weighted by Crippen LogP contribution is 2.34. The van der Waals surface area contributed by atoms with Crippen molar-refractivity contribution in [3.05, 3.63) is 29.8 Å². The summed E-state index contributed by atoms with van der Waals surface area (Å²) in [5.41, 5.74) is 0.00866. The molecule has 2 amide bonds. The van der Waals surface area contributed by atoms with Crippen LogP contribution >= 0.6 is 0 Å². The van der Waals surface area contributed by atoms with Gasteiger partial charge in [-0.05, 0) is 51.0 Å². The van der Waals surface area contributed by atoms with Crippen LogP contribution in [0.1, 0.15) is 43.5 Å². The summed E-state index contributed by atoms with van der Waals surface area (Å²) in [5.74, 6) is 0.577. The molecular formula is C19H28N2O4. The zero-order chi connectivity index (χ0) is 18.4. The number of amides is 2. The van der Waals surface area contributed by atoms with E-state index >= 15 is 0 Å². The van der Waals surface area contributed by atoms with E-state index in [1.807, 2.05) is 13.8 Å². The summed E-state index contributed by atoms with van der Waals surface area (Å²) >= 11 is 0. The normalized spacial score (nSPS) is 20.0. The molecule has 1 aliphatic heterocycles. The molecule has 1 N–H and O–H groups in total. The minimum atomic E-state index is -0.584. The van der Waals surface area contributed by atoms with Gasteiger partial charge < -0.3 is 19.7 Å². The molecule has 0 spiro atoms. The van der Waals surface area contributed by atoms with Crippen molar-refractivity contribution in [2.24, 2.45) is 0 Å². The van der Waals surface area contributed by atoms with Crippen molar-refractivity contribution >= 4 is 11.8 Å². The maximum Gasteiger partial charge on any atom is 0.254 e. The van der Waals surface area contributed by atoms with Crippen molar-refractivity contribution in [2.75, 3.05) is 27.3 Å². The number of hydrogen-bond acceptors (Lipinski definition) is 4. The van der Waals surface area contributed by atoms with Crippen molar-refractivity contribution in [3.8, 4) is 5.75 Å². The van der Waals surface area contributed by atoms with Gasteiger partial charge in [0.2, 0.25) is 5.91 Å². The number of benzene rings is 1. The third-order valence-electron chi connectivity index (χ3n) is 4.50. The quantitative estimate of drug-likeness (QED) is 0.820. The van der Waals surface area contributed by atoms with Gasteiger partial charge in [-0.15, -0.1) is 0 Å². The van der Waals surface area contributed by atoms with E-state index in [9.17, 15) is 9.59 Å². The van der Waals surface area contributed by atoms with E-state index < -0.39 is 5.54 Å². The minimum absolute atomic E-state index is 0.0745. The number of ether oxygens (including phenoxy) is 2. The first-order chi connectivity index (χ1) is 11.9. The Morgan fingerprint density at radius 1 is 1.28 bits per heavy atom. The monoisotopic (exact) mass is 348 g/mol. The molecule has 1 heterocycles. The summed E-state index contributed by atoms with van der Waals surface area (Å²) in [6, 6.07) is 7.16. The van der Waals surface area contributed by atoms with Crippen molar-refractivity contribution in [1.29, 1.82) is 0 Å². The smallest absolute Gasteiger partial charge is 0.254 e. The molecular weight excluding hydrogens is 320 g/mol. The number of nitrogens with zero attached hydrogens (tertiary/aromatic N) is 1. The summed E-state index contributed by atoms with van der Waals surface area (Å²) in [4.78, 5) is 26.8. The molecule has 25 heavy (non-hydrogen) atoms. The Hall–Kier alpha value is -2.08. The fraction of sp³-hybridized carbons (Fsp3) is 0.579. The third kappa shape index (κ3) is 4.51. The van der Waals surface area contributed by atoms with E-state index in [1.165, 1.54) is 0 Å². The lowest BCUT2D eigenvalue weighted by Gasteiger charge is -2.37. The first kappa shape index (κ1) is 19.2. The minimum Gasteiger partial charge on any atom is -0.491 e. The Labute approximate surface area is 149 Å². The van der Waals surface area contributed by atoms with Gasteiger partial charge in [-0.1, -0.05) is 0 Å². The summed E-state index contributed by atoms with van der Waals surface area (Å²) in [7, 11) is 3.21. The Balaban J connectivity index is 2.21. The van der Waals surface area contributed by atoms with Crippen LogP contribution in [0.4, 0.5) is 0 Å². The second kappa shape index (κ2) is 8.34. The van der Waals surface area contributed by atoms with Gasteiger partial charge in [-0.25, -0.2) is 0 Å². The van der Waals surface area contributed by atoms with Crippen LogP contribution < -0.4 is 10.1 Å². The van der Waals surface area contributed by atoms with Gasteiger partial charge in [0.1, 0.15) is 5.75 Å². The van der Waals surface area contributed by atoms with Gasteiger partial charge in [0.15, 0.2) is 0 Å². The van der Waals surface area contributed by atoms with Crippen LogP contribution in [-0.2, 0) is 9.53 Å². The fourth-order valence-electron chi connectivity index (χ4n) is 3.40. The molecule has 6 nitrogen and oxygen atoms in total.